The van der Waals surface area contributed by atoms with Crippen molar-refractivity contribution in [3.63, 3.8) is 0 Å². The second-order valence-corrected chi connectivity index (χ2v) is 8.65. The quantitative estimate of drug-likeness (QED) is 0.295. The minimum atomic E-state index is -0.361. The van der Waals surface area contributed by atoms with Gasteiger partial charge in [0.05, 0.1) is 20.8 Å². The lowest BCUT2D eigenvalue weighted by Crippen LogP contribution is -2.19. The van der Waals surface area contributed by atoms with Crippen LogP contribution >= 0.6 is 22.9 Å². The number of allylic oxidation sites excluding steroid dienone is 1. The van der Waals surface area contributed by atoms with Crippen molar-refractivity contribution in [1.82, 2.24) is 14.4 Å². The number of thiazole rings is 1. The van der Waals surface area contributed by atoms with E-state index in [-0.39, 0.29) is 22.6 Å². The number of halogens is 1. The molecule has 0 fully saturated rings. The third kappa shape index (κ3) is 3.87. The zero-order chi connectivity index (χ0) is 22.9. The number of aromatic nitrogens is 3. The second-order valence-electron chi connectivity index (χ2n) is 7.21. The zero-order valence-electron chi connectivity index (χ0n) is 17.3. The van der Waals surface area contributed by atoms with Gasteiger partial charge in [-0.3, -0.25) is 9.20 Å². The number of fused-ring (bicyclic) bond motifs is 2. The maximum absolute atomic E-state index is 13.5. The third-order valence-corrected chi connectivity index (χ3v) is 6.41. The molecule has 6 nitrogen and oxygen atoms in total. The number of benzene rings is 2. The summed E-state index contributed by atoms with van der Waals surface area (Å²) >= 11 is 7.66. The average Bonchev–Trinajstić information content (AvgIpc) is 3.25. The maximum atomic E-state index is 13.5. The highest BCUT2D eigenvalue weighted by Gasteiger charge is 2.18. The molecule has 0 bridgehead atoms. The van der Waals surface area contributed by atoms with Gasteiger partial charge in [-0.25, -0.2) is 4.98 Å². The van der Waals surface area contributed by atoms with Crippen molar-refractivity contribution >= 4 is 50.5 Å². The molecule has 0 amide bonds. The van der Waals surface area contributed by atoms with Crippen LogP contribution in [0.15, 0.2) is 71.7 Å². The topological polar surface area (TPSA) is 80.3 Å². The smallest absolute Gasteiger partial charge is 0.269 e. The number of hydrogen-bond acceptors (Lipinski definition) is 6. The fraction of sp³-hybridized carbons (Fsp3) is 0.0400. The molecule has 0 aliphatic heterocycles. The molecule has 160 valence electrons. The summed E-state index contributed by atoms with van der Waals surface area (Å²) in [6, 6.07) is 20.4. The molecule has 0 N–H and O–H groups in total. The summed E-state index contributed by atoms with van der Waals surface area (Å²) in [7, 11) is 0. The van der Waals surface area contributed by atoms with Crippen LogP contribution in [-0.4, -0.2) is 14.4 Å². The number of pyridine rings is 1. The number of rotatable bonds is 4. The van der Waals surface area contributed by atoms with E-state index in [0.29, 0.717) is 21.4 Å². The summed E-state index contributed by atoms with van der Waals surface area (Å²) in [5, 5.41) is 10.8. The first kappa shape index (κ1) is 20.9. The Balaban J connectivity index is 1.74. The van der Waals surface area contributed by atoms with Crippen LogP contribution in [0.4, 0.5) is 0 Å². The van der Waals surface area contributed by atoms with Crippen molar-refractivity contribution in [1.29, 1.82) is 5.26 Å². The monoisotopic (exact) mass is 470 g/mol. The number of para-hydroxylation sites is 2. The first-order valence-corrected chi connectivity index (χ1v) is 11.2. The van der Waals surface area contributed by atoms with Crippen LogP contribution in [0, 0.1) is 18.3 Å². The van der Waals surface area contributed by atoms with Crippen LogP contribution in [0.2, 0.25) is 5.02 Å². The van der Waals surface area contributed by atoms with Crippen molar-refractivity contribution in [2.45, 2.75) is 6.92 Å². The fourth-order valence-electron chi connectivity index (χ4n) is 3.40. The molecule has 33 heavy (non-hydrogen) atoms. The van der Waals surface area contributed by atoms with Crippen LogP contribution in [0.5, 0.6) is 11.6 Å². The van der Waals surface area contributed by atoms with Crippen molar-refractivity contribution in [3.8, 4) is 17.7 Å². The fourth-order valence-corrected chi connectivity index (χ4v) is 4.50. The predicted molar refractivity (Wildman–Crippen MR) is 131 cm³/mol. The van der Waals surface area contributed by atoms with Crippen molar-refractivity contribution in [2.75, 3.05) is 0 Å². The normalized spacial score (nSPS) is 11.6. The SMILES string of the molecule is Cc1cccn2c(=O)c(C=C(C#N)c3nc4ccccc4s3)c(Oc3ccccc3Cl)nc12. The number of ether oxygens (including phenoxy) is 1. The molecule has 3 heterocycles. The second kappa shape index (κ2) is 8.51. The van der Waals surface area contributed by atoms with E-state index in [1.807, 2.05) is 37.3 Å². The molecular formula is C25H15ClN4O2S. The maximum Gasteiger partial charge on any atom is 0.269 e. The van der Waals surface area contributed by atoms with Gasteiger partial charge < -0.3 is 4.74 Å². The standard InChI is InChI=1S/C25H15ClN4O2S/c1-15-7-6-12-30-22(15)29-23(32-20-10-4-2-8-18(20)26)17(25(30)31)13-16(14-27)24-28-19-9-3-5-11-21(19)33-24/h2-13H,1H3. The van der Waals surface area contributed by atoms with Crippen LogP contribution in [0.1, 0.15) is 16.1 Å². The van der Waals surface area contributed by atoms with E-state index in [1.54, 1.807) is 36.5 Å². The van der Waals surface area contributed by atoms with Crippen LogP contribution in [0.25, 0.3) is 27.5 Å². The first-order chi connectivity index (χ1) is 16.0. The summed E-state index contributed by atoms with van der Waals surface area (Å²) < 4.78 is 8.38. The molecule has 0 unspecified atom stereocenters. The van der Waals surface area contributed by atoms with Gasteiger partial charge in [-0.05, 0) is 48.9 Å². The summed E-state index contributed by atoms with van der Waals surface area (Å²) in [4.78, 5) is 22.6. The van der Waals surface area contributed by atoms with E-state index < -0.39 is 0 Å². The number of hydrogen-bond donors (Lipinski definition) is 0. The van der Waals surface area contributed by atoms with Crippen LogP contribution < -0.4 is 10.3 Å². The molecule has 0 aliphatic rings. The van der Waals surface area contributed by atoms with E-state index in [1.165, 1.54) is 21.8 Å². The van der Waals surface area contributed by atoms with Gasteiger partial charge in [0, 0.05) is 6.20 Å². The number of nitriles is 1. The highest BCUT2D eigenvalue weighted by Crippen LogP contribution is 2.32. The van der Waals surface area contributed by atoms with Crippen molar-refractivity contribution in [3.05, 3.63) is 98.4 Å². The molecule has 0 spiro atoms. The van der Waals surface area contributed by atoms with Gasteiger partial charge in [0.1, 0.15) is 28.0 Å². The lowest BCUT2D eigenvalue weighted by molar-refractivity contribution is 0.461. The predicted octanol–water partition coefficient (Wildman–Crippen LogP) is 6.12. The first-order valence-electron chi connectivity index (χ1n) is 9.97. The number of nitrogens with zero attached hydrogens (tertiary/aromatic N) is 4. The Morgan fingerprint density at radius 1 is 1.12 bits per heavy atom. The Bertz CT molecular complexity index is 1630. The van der Waals surface area contributed by atoms with E-state index in [4.69, 9.17) is 16.3 Å². The number of aryl methyl sites for hydroxylation is 1. The van der Waals surface area contributed by atoms with Crippen LogP contribution in [0.3, 0.4) is 0 Å². The van der Waals surface area contributed by atoms with Crippen molar-refractivity contribution < 1.29 is 4.74 Å². The van der Waals surface area contributed by atoms with E-state index >= 15 is 0 Å². The third-order valence-electron chi connectivity index (χ3n) is 5.03. The highest BCUT2D eigenvalue weighted by atomic mass is 35.5. The van der Waals surface area contributed by atoms with Crippen molar-refractivity contribution in [2.24, 2.45) is 0 Å². The summed E-state index contributed by atoms with van der Waals surface area (Å²) in [5.74, 6) is 0.424. The Kier molecular flexibility index (Phi) is 5.38. The van der Waals surface area contributed by atoms with Gasteiger partial charge in [0.25, 0.3) is 5.56 Å². The van der Waals surface area contributed by atoms with Gasteiger partial charge >= 0.3 is 0 Å². The molecule has 5 rings (SSSR count). The molecular weight excluding hydrogens is 456 g/mol. The van der Waals surface area contributed by atoms with Gasteiger partial charge in [0.2, 0.25) is 5.88 Å². The largest absolute Gasteiger partial charge is 0.437 e. The molecule has 3 aromatic heterocycles. The summed E-state index contributed by atoms with van der Waals surface area (Å²) in [5.41, 5.74) is 2.07. The molecule has 2 aromatic carbocycles. The van der Waals surface area contributed by atoms with E-state index in [0.717, 1.165) is 15.8 Å². The molecule has 0 saturated carbocycles. The lowest BCUT2D eigenvalue weighted by Gasteiger charge is -2.12. The minimum Gasteiger partial charge on any atom is -0.437 e. The molecule has 8 heteroatoms. The van der Waals surface area contributed by atoms with Gasteiger partial charge in [-0.1, -0.05) is 41.9 Å². The Labute approximate surface area is 197 Å². The summed E-state index contributed by atoms with van der Waals surface area (Å²) in [6.45, 7) is 1.86. The molecule has 0 atom stereocenters. The van der Waals surface area contributed by atoms with E-state index in [2.05, 4.69) is 16.0 Å². The summed E-state index contributed by atoms with van der Waals surface area (Å²) in [6.07, 6.45) is 3.12. The molecule has 0 aliphatic carbocycles. The van der Waals surface area contributed by atoms with E-state index in [9.17, 15) is 10.1 Å². The zero-order valence-corrected chi connectivity index (χ0v) is 18.9. The lowest BCUT2D eigenvalue weighted by atomic mass is 10.2. The minimum absolute atomic E-state index is 0.0660. The Morgan fingerprint density at radius 2 is 1.91 bits per heavy atom. The van der Waals surface area contributed by atoms with Crippen LogP contribution in [-0.2, 0) is 0 Å². The molecule has 0 radical (unpaired) electrons. The Hall–Kier alpha value is -3.99. The Morgan fingerprint density at radius 3 is 2.70 bits per heavy atom. The van der Waals surface area contributed by atoms with Gasteiger partial charge in [-0.15, -0.1) is 11.3 Å². The van der Waals surface area contributed by atoms with Gasteiger partial charge in [-0.2, -0.15) is 10.2 Å². The molecule has 5 aromatic rings. The molecule has 0 saturated heterocycles. The van der Waals surface area contributed by atoms with Gasteiger partial charge in [0.15, 0.2) is 0 Å². The average molecular weight is 471 g/mol. The highest BCUT2D eigenvalue weighted by molar-refractivity contribution is 7.19.